The molecule has 0 radical (unpaired) electrons. The summed E-state index contributed by atoms with van der Waals surface area (Å²) in [6.07, 6.45) is 2.74. The molecule has 0 saturated heterocycles. The zero-order valence-corrected chi connectivity index (χ0v) is 11.3. The molecule has 0 amide bonds. The van der Waals surface area contributed by atoms with Gasteiger partial charge in [-0.25, -0.2) is 9.37 Å². The van der Waals surface area contributed by atoms with Gasteiger partial charge in [-0.2, -0.15) is 24.7 Å². The molecule has 9 heteroatoms. The minimum absolute atomic E-state index is 0.0240. The minimum atomic E-state index is -0.367. The maximum Gasteiger partial charge on any atom is 0.322 e. The number of hydrogen-bond acceptors (Lipinski definition) is 6. The van der Waals surface area contributed by atoms with Crippen molar-refractivity contribution in [3.63, 3.8) is 0 Å². The molecule has 0 aliphatic rings. The molecule has 0 saturated carbocycles. The zero-order valence-electron chi connectivity index (χ0n) is 10.5. The molecule has 2 heterocycles. The van der Waals surface area contributed by atoms with Crippen LogP contribution >= 0.6 is 11.6 Å². The molecule has 3 rings (SSSR count). The van der Waals surface area contributed by atoms with Gasteiger partial charge in [0.05, 0.1) is 0 Å². The lowest BCUT2D eigenvalue weighted by Gasteiger charge is -2.06. The molecule has 0 aliphatic carbocycles. The Morgan fingerprint density at radius 3 is 2.81 bits per heavy atom. The Labute approximate surface area is 123 Å². The van der Waals surface area contributed by atoms with Crippen molar-refractivity contribution in [3.05, 3.63) is 53.6 Å². The first kappa shape index (κ1) is 13.4. The van der Waals surface area contributed by atoms with Gasteiger partial charge in [-0.15, -0.1) is 0 Å². The predicted octanol–water partition coefficient (Wildman–Crippen LogP) is 1.82. The van der Waals surface area contributed by atoms with Gasteiger partial charge in [0.15, 0.2) is 0 Å². The minimum Gasteiger partial charge on any atom is -0.458 e. The number of nitrogens with zero attached hydrogens (tertiary/aromatic N) is 6. The van der Waals surface area contributed by atoms with Crippen molar-refractivity contribution in [1.29, 1.82) is 0 Å². The van der Waals surface area contributed by atoms with Gasteiger partial charge in [0.1, 0.15) is 25.1 Å². The van der Waals surface area contributed by atoms with Crippen LogP contribution in [0.3, 0.4) is 0 Å². The summed E-state index contributed by atoms with van der Waals surface area (Å²) in [5.41, 5.74) is 0.386. The van der Waals surface area contributed by atoms with Crippen LogP contribution in [-0.2, 0) is 6.61 Å². The first-order valence-corrected chi connectivity index (χ1v) is 6.23. The quantitative estimate of drug-likeness (QED) is 0.731. The van der Waals surface area contributed by atoms with Crippen LogP contribution < -0.4 is 4.74 Å². The van der Waals surface area contributed by atoms with E-state index in [-0.39, 0.29) is 29.7 Å². The van der Waals surface area contributed by atoms with Crippen molar-refractivity contribution in [2.24, 2.45) is 0 Å². The number of halogens is 2. The number of ether oxygens (including phenoxy) is 1. The Morgan fingerprint density at radius 1 is 1.19 bits per heavy atom. The summed E-state index contributed by atoms with van der Waals surface area (Å²) in [7, 11) is 0. The highest BCUT2D eigenvalue weighted by atomic mass is 35.5. The summed E-state index contributed by atoms with van der Waals surface area (Å²) in [5.74, 6) is -0.204. The number of rotatable bonds is 4. The van der Waals surface area contributed by atoms with Crippen molar-refractivity contribution >= 4 is 11.6 Å². The lowest BCUT2D eigenvalue weighted by molar-refractivity contribution is 0.274. The van der Waals surface area contributed by atoms with E-state index in [1.807, 2.05) is 0 Å². The lowest BCUT2D eigenvalue weighted by atomic mass is 10.2. The van der Waals surface area contributed by atoms with Gasteiger partial charge < -0.3 is 4.74 Å². The van der Waals surface area contributed by atoms with Crippen molar-refractivity contribution in [1.82, 2.24) is 29.7 Å². The van der Waals surface area contributed by atoms with E-state index >= 15 is 0 Å². The second-order valence-corrected chi connectivity index (χ2v) is 4.25. The van der Waals surface area contributed by atoms with E-state index < -0.39 is 0 Å². The van der Waals surface area contributed by atoms with Gasteiger partial charge in [0, 0.05) is 5.56 Å². The maximum atomic E-state index is 13.5. The highest BCUT2D eigenvalue weighted by Gasteiger charge is 2.09. The molecule has 7 nitrogen and oxygen atoms in total. The Balaban J connectivity index is 1.81. The predicted molar refractivity (Wildman–Crippen MR) is 70.5 cm³/mol. The van der Waals surface area contributed by atoms with E-state index in [1.165, 1.54) is 23.4 Å². The van der Waals surface area contributed by atoms with Gasteiger partial charge in [-0.1, -0.05) is 18.2 Å². The van der Waals surface area contributed by atoms with Crippen LogP contribution in [0.2, 0.25) is 5.28 Å². The number of aromatic nitrogens is 6. The fraction of sp³-hybridized carbons (Fsp3) is 0.0833. The monoisotopic (exact) mass is 306 g/mol. The van der Waals surface area contributed by atoms with Gasteiger partial charge in [0.25, 0.3) is 5.95 Å². The second kappa shape index (κ2) is 5.80. The molecule has 0 aliphatic heterocycles. The maximum absolute atomic E-state index is 13.5. The van der Waals surface area contributed by atoms with E-state index in [0.717, 1.165) is 0 Å². The van der Waals surface area contributed by atoms with Gasteiger partial charge in [-0.3, -0.25) is 0 Å². The molecule has 0 unspecified atom stereocenters. The van der Waals surface area contributed by atoms with E-state index in [2.05, 4.69) is 25.0 Å². The Kier molecular flexibility index (Phi) is 3.69. The summed E-state index contributed by atoms with van der Waals surface area (Å²) < 4.78 is 20.1. The highest BCUT2D eigenvalue weighted by molar-refractivity contribution is 6.28. The first-order valence-electron chi connectivity index (χ1n) is 5.85. The average Bonchev–Trinajstić information content (AvgIpc) is 3.00. The van der Waals surface area contributed by atoms with Gasteiger partial charge in [0.2, 0.25) is 5.28 Å². The molecule has 0 spiro atoms. The molecular weight excluding hydrogens is 299 g/mol. The molecule has 0 bridgehead atoms. The summed E-state index contributed by atoms with van der Waals surface area (Å²) in [6, 6.07) is 6.24. The molecule has 21 heavy (non-hydrogen) atoms. The lowest BCUT2D eigenvalue weighted by Crippen LogP contribution is -2.07. The van der Waals surface area contributed by atoms with Crippen molar-refractivity contribution in [3.8, 4) is 12.0 Å². The number of benzene rings is 1. The Hall–Kier alpha value is -2.61. The summed E-state index contributed by atoms with van der Waals surface area (Å²) >= 11 is 5.80. The van der Waals surface area contributed by atoms with Gasteiger partial charge >= 0.3 is 6.01 Å². The van der Waals surface area contributed by atoms with E-state index in [0.29, 0.717) is 5.56 Å². The van der Waals surface area contributed by atoms with Crippen LogP contribution in [-0.4, -0.2) is 29.7 Å². The molecule has 1 aromatic carbocycles. The molecule has 3 aromatic rings. The molecule has 0 atom stereocenters. The summed E-state index contributed by atoms with van der Waals surface area (Å²) in [4.78, 5) is 15.5. The summed E-state index contributed by atoms with van der Waals surface area (Å²) in [5, 5.41) is 3.82. The largest absolute Gasteiger partial charge is 0.458 e. The molecule has 106 valence electrons. The second-order valence-electron chi connectivity index (χ2n) is 3.91. The highest BCUT2D eigenvalue weighted by Crippen LogP contribution is 2.13. The first-order chi connectivity index (χ1) is 10.2. The fourth-order valence-corrected chi connectivity index (χ4v) is 1.71. The van der Waals surface area contributed by atoms with Crippen LogP contribution in [0.4, 0.5) is 4.39 Å². The SMILES string of the molecule is Fc1ccccc1COc1nc(Cl)nc(-n2cncn2)n1. The Morgan fingerprint density at radius 2 is 2.05 bits per heavy atom. The van der Waals surface area contributed by atoms with E-state index in [1.54, 1.807) is 18.2 Å². The van der Waals surface area contributed by atoms with Crippen LogP contribution in [0.5, 0.6) is 6.01 Å². The van der Waals surface area contributed by atoms with E-state index in [9.17, 15) is 4.39 Å². The normalized spacial score (nSPS) is 10.6. The standard InChI is InChI=1S/C12H8ClFN6O/c13-10-17-11(20-7-15-6-16-20)19-12(18-10)21-5-8-3-1-2-4-9(8)14/h1-4,6-7H,5H2. The zero-order chi connectivity index (χ0) is 14.7. The Bertz CT molecular complexity index is 751. The van der Waals surface area contributed by atoms with Crippen LogP contribution in [0.1, 0.15) is 5.56 Å². The third-order valence-electron chi connectivity index (χ3n) is 2.51. The fourth-order valence-electron chi connectivity index (χ4n) is 1.56. The van der Waals surface area contributed by atoms with Crippen molar-refractivity contribution in [2.75, 3.05) is 0 Å². The van der Waals surface area contributed by atoms with Gasteiger partial charge in [-0.05, 0) is 17.7 Å². The molecule has 0 fully saturated rings. The average molecular weight is 307 g/mol. The van der Waals surface area contributed by atoms with Crippen LogP contribution in [0.25, 0.3) is 5.95 Å². The third kappa shape index (κ3) is 3.11. The molecule has 2 aromatic heterocycles. The smallest absolute Gasteiger partial charge is 0.322 e. The topological polar surface area (TPSA) is 78.6 Å². The van der Waals surface area contributed by atoms with Crippen molar-refractivity contribution < 1.29 is 9.13 Å². The van der Waals surface area contributed by atoms with Crippen molar-refractivity contribution in [2.45, 2.75) is 6.61 Å². The van der Waals surface area contributed by atoms with Crippen LogP contribution in [0.15, 0.2) is 36.9 Å². The van der Waals surface area contributed by atoms with E-state index in [4.69, 9.17) is 16.3 Å². The third-order valence-corrected chi connectivity index (χ3v) is 2.68. The summed E-state index contributed by atoms with van der Waals surface area (Å²) in [6.45, 7) is -0.0240. The molecule has 0 N–H and O–H groups in total. The molecular formula is C12H8ClFN6O. The van der Waals surface area contributed by atoms with Crippen LogP contribution in [0, 0.1) is 5.82 Å². The number of hydrogen-bond donors (Lipinski definition) is 0.